The van der Waals surface area contributed by atoms with Gasteiger partial charge in [-0.15, -0.1) is 0 Å². The highest BCUT2D eigenvalue weighted by Crippen LogP contribution is 2.18. The normalized spacial score (nSPS) is 11.5. The Labute approximate surface area is 279 Å². The molecule has 0 unspecified atom stereocenters. The maximum absolute atomic E-state index is 2.54. The van der Waals surface area contributed by atoms with Crippen molar-refractivity contribution in [3.8, 4) is 0 Å². The molecule has 44 heavy (non-hydrogen) atoms. The fourth-order valence-corrected chi connectivity index (χ4v) is 6.97. The van der Waals surface area contributed by atoms with Gasteiger partial charge in [0.25, 0.3) is 0 Å². The van der Waals surface area contributed by atoms with Crippen LogP contribution in [0.4, 0.5) is 0 Å². The number of hydrogen-bond acceptors (Lipinski definition) is 0. The van der Waals surface area contributed by atoms with Crippen LogP contribution in [-0.2, 0) is 19.4 Å². The van der Waals surface area contributed by atoms with Crippen molar-refractivity contribution in [3.05, 3.63) is 29.6 Å². The summed E-state index contributed by atoms with van der Waals surface area (Å²) in [7, 11) is 0. The summed E-state index contributed by atoms with van der Waals surface area (Å²) in [6.07, 6.45) is 53.4. The van der Waals surface area contributed by atoms with Gasteiger partial charge in [0.1, 0.15) is 6.54 Å². The number of rotatable bonds is 35. The number of pyridine rings is 1. The van der Waals surface area contributed by atoms with E-state index in [0.29, 0.717) is 0 Å². The van der Waals surface area contributed by atoms with Crippen LogP contribution >= 0.6 is 0 Å². The first-order valence-corrected chi connectivity index (χ1v) is 20.8. The van der Waals surface area contributed by atoms with E-state index in [0.717, 1.165) is 0 Å². The average Bonchev–Trinajstić information content (AvgIpc) is 3.04. The molecule has 0 aromatic carbocycles. The lowest BCUT2D eigenvalue weighted by molar-refractivity contribution is -0.697. The Kier molecular flexibility index (Phi) is 31.4. The van der Waals surface area contributed by atoms with Gasteiger partial charge in [0.05, 0.1) is 0 Å². The highest BCUT2D eigenvalue weighted by atomic mass is 14.9. The first kappa shape index (κ1) is 41.2. The van der Waals surface area contributed by atoms with Gasteiger partial charge in [-0.3, -0.25) is 0 Å². The number of aromatic nitrogens is 1. The van der Waals surface area contributed by atoms with Gasteiger partial charge in [-0.2, -0.15) is 0 Å². The van der Waals surface area contributed by atoms with Crippen LogP contribution < -0.4 is 4.57 Å². The van der Waals surface area contributed by atoms with Crippen LogP contribution in [0.1, 0.15) is 237 Å². The third-order valence-electron chi connectivity index (χ3n) is 10.1. The molecule has 1 heterocycles. The summed E-state index contributed by atoms with van der Waals surface area (Å²) in [5.41, 5.74) is 3.32. The summed E-state index contributed by atoms with van der Waals surface area (Å²) in [6.45, 7) is 8.14. The largest absolute Gasteiger partial charge is 0.205 e. The zero-order chi connectivity index (χ0) is 31.6. The minimum Gasteiger partial charge on any atom is -0.205 e. The third kappa shape index (κ3) is 26.4. The molecule has 0 radical (unpaired) electrons. The van der Waals surface area contributed by atoms with Crippen LogP contribution in [0, 0.1) is 0 Å². The maximum atomic E-state index is 2.54. The Morgan fingerprint density at radius 3 is 1.00 bits per heavy atom. The molecular formula is C43H82N+. The lowest BCUT2D eigenvalue weighted by atomic mass is 9.97. The molecule has 0 fully saturated rings. The van der Waals surface area contributed by atoms with Crippen molar-refractivity contribution in [2.75, 3.05) is 0 Å². The summed E-state index contributed by atoms with van der Waals surface area (Å²) in [6, 6.07) is 2.49. The number of unbranched alkanes of at least 4 members (excludes halogenated alkanes) is 29. The molecule has 0 spiro atoms. The SMILES string of the molecule is CCCCCCCCCCCCCCCCc1cc[n+](CCCCCC)cc1CCCCCCCCCCCCCCCC. The first-order chi connectivity index (χ1) is 21.8. The first-order valence-electron chi connectivity index (χ1n) is 20.8. The fraction of sp³-hybridized carbons (Fsp3) is 0.884. The quantitative estimate of drug-likeness (QED) is 0.0530. The second-order valence-corrected chi connectivity index (χ2v) is 14.5. The molecule has 0 saturated heterocycles. The lowest BCUT2D eigenvalue weighted by Gasteiger charge is -2.10. The van der Waals surface area contributed by atoms with Gasteiger partial charge in [0.15, 0.2) is 12.4 Å². The average molecular weight is 613 g/mol. The third-order valence-corrected chi connectivity index (χ3v) is 10.1. The zero-order valence-corrected chi connectivity index (χ0v) is 30.9. The van der Waals surface area contributed by atoms with Crippen LogP contribution in [0.3, 0.4) is 0 Å². The molecule has 0 aliphatic heterocycles. The monoisotopic (exact) mass is 613 g/mol. The van der Waals surface area contributed by atoms with Crippen molar-refractivity contribution in [1.29, 1.82) is 0 Å². The van der Waals surface area contributed by atoms with Crippen LogP contribution in [0.15, 0.2) is 18.5 Å². The van der Waals surface area contributed by atoms with E-state index in [4.69, 9.17) is 0 Å². The van der Waals surface area contributed by atoms with Crippen molar-refractivity contribution in [2.24, 2.45) is 0 Å². The molecule has 0 saturated carbocycles. The van der Waals surface area contributed by atoms with E-state index in [1.165, 1.54) is 225 Å². The molecule has 1 heteroatoms. The highest BCUT2D eigenvalue weighted by molar-refractivity contribution is 5.21. The van der Waals surface area contributed by atoms with Crippen molar-refractivity contribution in [3.63, 3.8) is 0 Å². The van der Waals surface area contributed by atoms with Gasteiger partial charge in [-0.25, -0.2) is 4.57 Å². The van der Waals surface area contributed by atoms with Crippen LogP contribution in [0.5, 0.6) is 0 Å². The van der Waals surface area contributed by atoms with E-state index in [-0.39, 0.29) is 0 Å². The van der Waals surface area contributed by atoms with Crippen LogP contribution in [-0.4, -0.2) is 0 Å². The molecule has 1 rings (SSSR count). The topological polar surface area (TPSA) is 3.88 Å². The predicted octanol–water partition coefficient (Wildman–Crippen LogP) is 14.6. The standard InChI is InChI=1S/C43H82N/c1-4-7-10-13-15-17-19-21-23-25-27-29-31-33-36-42-38-40-44(39-35-12-9-6-3)41-43(42)37-34-32-30-28-26-24-22-20-18-16-14-11-8-5-2/h38,40-41H,4-37,39H2,1-3H3/q+1. The summed E-state index contributed by atoms with van der Waals surface area (Å²) < 4.78 is 2.50. The number of hydrogen-bond donors (Lipinski definition) is 0. The molecule has 0 amide bonds. The van der Waals surface area contributed by atoms with E-state index in [9.17, 15) is 0 Å². The van der Waals surface area contributed by atoms with Crippen molar-refractivity contribution < 1.29 is 4.57 Å². The van der Waals surface area contributed by atoms with Crippen molar-refractivity contribution in [1.82, 2.24) is 0 Å². The van der Waals surface area contributed by atoms with Crippen molar-refractivity contribution in [2.45, 2.75) is 246 Å². The lowest BCUT2D eigenvalue weighted by Crippen LogP contribution is -2.33. The maximum Gasteiger partial charge on any atom is 0.172 e. The minimum absolute atomic E-state index is 1.20. The zero-order valence-electron chi connectivity index (χ0n) is 30.9. The molecule has 0 atom stereocenters. The smallest absolute Gasteiger partial charge is 0.172 e. The molecule has 0 N–H and O–H groups in total. The van der Waals surface area contributed by atoms with Gasteiger partial charge in [0.2, 0.25) is 0 Å². The second kappa shape index (κ2) is 33.5. The minimum atomic E-state index is 1.20. The number of aryl methyl sites for hydroxylation is 3. The summed E-state index contributed by atoms with van der Waals surface area (Å²) >= 11 is 0. The Hall–Kier alpha value is -0.850. The van der Waals surface area contributed by atoms with Gasteiger partial charge >= 0.3 is 0 Å². The van der Waals surface area contributed by atoms with E-state index >= 15 is 0 Å². The van der Waals surface area contributed by atoms with Crippen LogP contribution in [0.25, 0.3) is 0 Å². The highest BCUT2D eigenvalue weighted by Gasteiger charge is 2.10. The van der Waals surface area contributed by atoms with E-state index < -0.39 is 0 Å². The van der Waals surface area contributed by atoms with E-state index in [2.05, 4.69) is 43.8 Å². The Balaban J connectivity index is 2.21. The van der Waals surface area contributed by atoms with Gasteiger partial charge in [0, 0.05) is 18.1 Å². The Morgan fingerprint density at radius 1 is 0.341 bits per heavy atom. The number of nitrogens with zero attached hydrogens (tertiary/aromatic N) is 1. The van der Waals surface area contributed by atoms with E-state index in [1.54, 1.807) is 11.1 Å². The molecule has 1 aromatic heterocycles. The summed E-state index contributed by atoms with van der Waals surface area (Å²) in [5, 5.41) is 0. The molecule has 0 aliphatic rings. The molecule has 1 nitrogen and oxygen atoms in total. The predicted molar refractivity (Wildman–Crippen MR) is 199 cm³/mol. The van der Waals surface area contributed by atoms with E-state index in [1.807, 2.05) is 0 Å². The molecule has 0 bridgehead atoms. The summed E-state index contributed by atoms with van der Waals surface area (Å²) in [4.78, 5) is 0. The Bertz CT molecular complexity index is 694. The fourth-order valence-electron chi connectivity index (χ4n) is 6.97. The van der Waals surface area contributed by atoms with Crippen LogP contribution in [0.2, 0.25) is 0 Å². The Morgan fingerprint density at radius 2 is 0.636 bits per heavy atom. The van der Waals surface area contributed by atoms with Crippen molar-refractivity contribution >= 4 is 0 Å². The van der Waals surface area contributed by atoms with Gasteiger partial charge < -0.3 is 0 Å². The van der Waals surface area contributed by atoms with Gasteiger partial charge in [-0.05, 0) is 37.7 Å². The molecule has 1 aromatic rings. The van der Waals surface area contributed by atoms with Gasteiger partial charge in [-0.1, -0.05) is 201 Å². The second-order valence-electron chi connectivity index (χ2n) is 14.5. The molecule has 0 aliphatic carbocycles. The molecular weight excluding hydrogens is 530 g/mol. The molecule has 258 valence electrons. The summed E-state index contributed by atoms with van der Waals surface area (Å²) in [5.74, 6) is 0.